The van der Waals surface area contributed by atoms with E-state index in [2.05, 4.69) is 24.1 Å². The van der Waals surface area contributed by atoms with Crippen molar-refractivity contribution in [2.75, 3.05) is 19.6 Å². The van der Waals surface area contributed by atoms with E-state index in [9.17, 15) is 18.0 Å². The van der Waals surface area contributed by atoms with Crippen molar-refractivity contribution >= 4 is 6.09 Å². The van der Waals surface area contributed by atoms with E-state index >= 15 is 0 Å². The zero-order chi connectivity index (χ0) is 23.4. The van der Waals surface area contributed by atoms with Gasteiger partial charge in [-0.2, -0.15) is 13.2 Å². The quantitative estimate of drug-likeness (QED) is 0.631. The average Bonchev–Trinajstić information content (AvgIpc) is 3.03. The molecular weight excluding hydrogens is 429 g/mol. The number of benzene rings is 2. The molecule has 7 heteroatoms. The number of carbonyl (C=O) groups is 1. The van der Waals surface area contributed by atoms with Gasteiger partial charge in [0.2, 0.25) is 0 Å². The summed E-state index contributed by atoms with van der Waals surface area (Å²) in [5.41, 5.74) is 1.61. The van der Waals surface area contributed by atoms with E-state index in [0.717, 1.165) is 56.1 Å². The number of hydrogen-bond acceptors (Lipinski definition) is 3. The highest BCUT2D eigenvalue weighted by Gasteiger charge is 2.42. The van der Waals surface area contributed by atoms with Gasteiger partial charge in [-0.1, -0.05) is 44.2 Å². The van der Waals surface area contributed by atoms with Crippen LogP contribution in [-0.2, 0) is 17.3 Å². The van der Waals surface area contributed by atoms with Gasteiger partial charge >= 0.3 is 12.3 Å². The Morgan fingerprint density at radius 2 is 1.85 bits per heavy atom. The Morgan fingerprint density at radius 3 is 2.52 bits per heavy atom. The Hall–Kier alpha value is -2.54. The number of halogens is 3. The highest BCUT2D eigenvalue weighted by molar-refractivity contribution is 5.72. The summed E-state index contributed by atoms with van der Waals surface area (Å²) >= 11 is 0. The van der Waals surface area contributed by atoms with Gasteiger partial charge in [-0.05, 0) is 78.1 Å². The second kappa shape index (κ2) is 8.05. The topological polar surface area (TPSA) is 41.6 Å². The summed E-state index contributed by atoms with van der Waals surface area (Å²) in [6.07, 6.45) is -2.14. The number of piperidine rings is 3. The van der Waals surface area contributed by atoms with E-state index in [1.807, 2.05) is 6.07 Å². The number of nitrogens with one attached hydrogen (secondary N) is 1. The first kappa shape index (κ1) is 22.3. The molecule has 2 atom stereocenters. The summed E-state index contributed by atoms with van der Waals surface area (Å²) in [7, 11) is 0. The van der Waals surface area contributed by atoms with E-state index in [1.54, 1.807) is 18.2 Å². The molecule has 33 heavy (non-hydrogen) atoms. The van der Waals surface area contributed by atoms with Gasteiger partial charge in [-0.3, -0.25) is 4.90 Å². The first-order chi connectivity index (χ1) is 15.6. The molecule has 3 heterocycles. The summed E-state index contributed by atoms with van der Waals surface area (Å²) in [6.45, 7) is 7.04. The maximum Gasteiger partial charge on any atom is 0.417 e. The molecule has 0 aromatic heterocycles. The van der Waals surface area contributed by atoms with Crippen molar-refractivity contribution < 1.29 is 22.7 Å². The van der Waals surface area contributed by atoms with Gasteiger partial charge in [-0.25, -0.2) is 4.79 Å². The third kappa shape index (κ3) is 4.23. The van der Waals surface area contributed by atoms with Crippen molar-refractivity contribution in [3.05, 3.63) is 59.2 Å². The van der Waals surface area contributed by atoms with Crippen LogP contribution in [0.15, 0.2) is 42.5 Å². The van der Waals surface area contributed by atoms with Crippen LogP contribution in [0.1, 0.15) is 49.4 Å². The minimum atomic E-state index is -4.44. The van der Waals surface area contributed by atoms with Crippen molar-refractivity contribution in [3.8, 4) is 11.1 Å². The van der Waals surface area contributed by atoms with E-state index in [1.165, 1.54) is 12.1 Å². The maximum absolute atomic E-state index is 13.6. The number of nitrogens with zero attached hydrogens (tertiary/aromatic N) is 1. The van der Waals surface area contributed by atoms with Crippen LogP contribution in [0.5, 0.6) is 0 Å². The summed E-state index contributed by atoms with van der Waals surface area (Å²) in [6, 6.07) is 10.7. The van der Waals surface area contributed by atoms with Gasteiger partial charge < -0.3 is 10.1 Å². The molecule has 4 aliphatic rings. The lowest BCUT2D eigenvalue weighted by molar-refractivity contribution is -0.137. The predicted octanol–water partition coefficient (Wildman–Crippen LogP) is 5.82. The SMILES string of the molecule is CC1(C)Cc2ccc(-c3ccccc3C(F)(F)F)cc2C1NC(=O)O[C@@H]1CN2CCC1CC2. The molecule has 1 amide bonds. The third-order valence-electron chi connectivity index (χ3n) is 7.54. The molecule has 3 aliphatic heterocycles. The van der Waals surface area contributed by atoms with E-state index in [4.69, 9.17) is 4.74 Å². The van der Waals surface area contributed by atoms with Gasteiger partial charge in [0.05, 0.1) is 11.6 Å². The van der Waals surface area contributed by atoms with Crippen LogP contribution < -0.4 is 5.32 Å². The van der Waals surface area contributed by atoms with Crippen molar-refractivity contribution in [1.29, 1.82) is 0 Å². The lowest BCUT2D eigenvalue weighted by atomic mass is 9.85. The average molecular weight is 459 g/mol. The number of alkyl halides is 3. The summed E-state index contributed by atoms with van der Waals surface area (Å²) < 4.78 is 46.6. The van der Waals surface area contributed by atoms with E-state index in [0.29, 0.717) is 11.5 Å². The fourth-order valence-corrected chi connectivity index (χ4v) is 5.79. The van der Waals surface area contributed by atoms with Crippen LogP contribution in [0.4, 0.5) is 18.0 Å². The number of fused-ring (bicyclic) bond motifs is 4. The van der Waals surface area contributed by atoms with E-state index < -0.39 is 17.8 Å². The monoisotopic (exact) mass is 458 g/mol. The molecule has 2 aromatic rings. The van der Waals surface area contributed by atoms with Gasteiger partial charge in [0.25, 0.3) is 0 Å². The minimum absolute atomic E-state index is 0.0958. The molecule has 2 aromatic carbocycles. The first-order valence-electron chi connectivity index (χ1n) is 11.6. The summed E-state index contributed by atoms with van der Waals surface area (Å²) in [5, 5.41) is 3.05. The van der Waals surface area contributed by atoms with Crippen LogP contribution in [0.2, 0.25) is 0 Å². The maximum atomic E-state index is 13.6. The predicted molar refractivity (Wildman–Crippen MR) is 120 cm³/mol. The lowest BCUT2D eigenvalue weighted by Gasteiger charge is -2.44. The Bertz CT molecular complexity index is 1060. The van der Waals surface area contributed by atoms with Crippen molar-refractivity contribution in [2.45, 2.75) is 51.4 Å². The molecule has 0 saturated carbocycles. The molecule has 0 spiro atoms. The first-order valence-corrected chi connectivity index (χ1v) is 11.6. The van der Waals surface area contributed by atoms with E-state index in [-0.39, 0.29) is 23.1 Å². The highest BCUT2D eigenvalue weighted by Crippen LogP contribution is 2.47. The highest BCUT2D eigenvalue weighted by atomic mass is 19.4. The molecule has 3 fully saturated rings. The number of carbonyl (C=O) groups excluding carboxylic acids is 1. The van der Waals surface area contributed by atoms with Crippen LogP contribution in [0.3, 0.4) is 0 Å². The lowest BCUT2D eigenvalue weighted by Crippen LogP contribution is -2.53. The number of alkyl carbamates (subject to hydrolysis) is 1. The third-order valence-corrected chi connectivity index (χ3v) is 7.54. The molecule has 176 valence electrons. The van der Waals surface area contributed by atoms with Gasteiger partial charge in [0, 0.05) is 6.54 Å². The second-order valence-electron chi connectivity index (χ2n) is 10.3. The molecule has 2 bridgehead atoms. The number of amides is 1. The minimum Gasteiger partial charge on any atom is -0.445 e. The molecule has 1 N–H and O–H groups in total. The van der Waals surface area contributed by atoms with Crippen LogP contribution in [0, 0.1) is 11.3 Å². The standard InChI is InChI=1S/C26H29F3N2O2/c1-25(2)14-18-8-7-17(19-5-3-4-6-21(19)26(27,28)29)13-20(18)23(25)30-24(32)33-22-15-31-11-9-16(22)10-12-31/h3-8,13,16,22-23H,9-12,14-15H2,1-2H3,(H,30,32)/t22-,23?/m1/s1. The second-order valence-corrected chi connectivity index (χ2v) is 10.3. The fourth-order valence-electron chi connectivity index (χ4n) is 5.79. The zero-order valence-corrected chi connectivity index (χ0v) is 18.9. The Balaban J connectivity index is 1.40. The molecule has 6 rings (SSSR count). The van der Waals surface area contributed by atoms with Gasteiger partial charge in [0.1, 0.15) is 6.10 Å². The van der Waals surface area contributed by atoms with Crippen molar-refractivity contribution in [1.82, 2.24) is 10.2 Å². The van der Waals surface area contributed by atoms with Crippen LogP contribution in [0.25, 0.3) is 11.1 Å². The van der Waals surface area contributed by atoms with Crippen LogP contribution >= 0.6 is 0 Å². The smallest absolute Gasteiger partial charge is 0.417 e. The van der Waals surface area contributed by atoms with Crippen molar-refractivity contribution in [2.24, 2.45) is 11.3 Å². The molecule has 3 saturated heterocycles. The van der Waals surface area contributed by atoms with Gasteiger partial charge in [-0.15, -0.1) is 0 Å². The molecule has 0 radical (unpaired) electrons. The summed E-state index contributed by atoms with van der Waals surface area (Å²) in [5.74, 6) is 0.412. The Kier molecular flexibility index (Phi) is 5.43. The summed E-state index contributed by atoms with van der Waals surface area (Å²) in [4.78, 5) is 15.2. The fraction of sp³-hybridized carbons (Fsp3) is 0.500. The van der Waals surface area contributed by atoms with Crippen LogP contribution in [-0.4, -0.2) is 36.7 Å². The zero-order valence-electron chi connectivity index (χ0n) is 18.9. The molecular formula is C26H29F3N2O2. The Labute approximate surface area is 192 Å². The largest absolute Gasteiger partial charge is 0.445 e. The normalized spacial score (nSPS) is 27.8. The number of rotatable bonds is 3. The molecule has 1 unspecified atom stereocenters. The van der Waals surface area contributed by atoms with Crippen molar-refractivity contribution in [3.63, 3.8) is 0 Å². The number of ether oxygens (including phenoxy) is 1. The van der Waals surface area contributed by atoms with Gasteiger partial charge in [0.15, 0.2) is 0 Å². The Morgan fingerprint density at radius 1 is 1.12 bits per heavy atom. The molecule has 1 aliphatic carbocycles. The molecule has 4 nitrogen and oxygen atoms in total. The number of hydrogen-bond donors (Lipinski definition) is 1.